The SMILES string of the molecule is CC(N)COCC(C)C(C)(C)OCCC(C)(C)OCC(C)CN. The predicted molar refractivity (Wildman–Crippen MR) is 96.5 cm³/mol. The van der Waals surface area contributed by atoms with Crippen molar-refractivity contribution in [2.45, 2.75) is 72.1 Å². The molecule has 0 bridgehead atoms. The van der Waals surface area contributed by atoms with Gasteiger partial charge < -0.3 is 25.7 Å². The van der Waals surface area contributed by atoms with Gasteiger partial charge in [0.05, 0.1) is 37.6 Å². The maximum atomic E-state index is 6.10. The van der Waals surface area contributed by atoms with Gasteiger partial charge in [0.15, 0.2) is 0 Å². The van der Waals surface area contributed by atoms with Crippen LogP contribution in [0.5, 0.6) is 0 Å². The third-order valence-electron chi connectivity index (χ3n) is 4.27. The van der Waals surface area contributed by atoms with Gasteiger partial charge in [0.25, 0.3) is 0 Å². The highest BCUT2D eigenvalue weighted by Gasteiger charge is 2.28. The summed E-state index contributed by atoms with van der Waals surface area (Å²) in [5, 5.41) is 0. The molecular weight excluding hydrogens is 292 g/mol. The van der Waals surface area contributed by atoms with Gasteiger partial charge in [0.2, 0.25) is 0 Å². The molecule has 0 amide bonds. The monoisotopic (exact) mass is 332 g/mol. The summed E-state index contributed by atoms with van der Waals surface area (Å²) in [5.74, 6) is 0.677. The molecule has 0 aliphatic carbocycles. The summed E-state index contributed by atoms with van der Waals surface area (Å²) in [4.78, 5) is 0. The van der Waals surface area contributed by atoms with Crippen LogP contribution in [-0.4, -0.2) is 50.2 Å². The Morgan fingerprint density at radius 3 is 2.04 bits per heavy atom. The molecule has 5 heteroatoms. The Kier molecular flexibility index (Phi) is 10.5. The summed E-state index contributed by atoms with van der Waals surface area (Å²) in [6, 6.07) is 0.0695. The molecular formula is C18H40N2O3. The fourth-order valence-corrected chi connectivity index (χ4v) is 1.84. The quantitative estimate of drug-likeness (QED) is 0.542. The van der Waals surface area contributed by atoms with Crippen LogP contribution in [0.3, 0.4) is 0 Å². The Labute approximate surface area is 143 Å². The van der Waals surface area contributed by atoms with Gasteiger partial charge in [-0.15, -0.1) is 0 Å². The molecule has 0 fully saturated rings. The van der Waals surface area contributed by atoms with Crippen LogP contribution in [0, 0.1) is 11.8 Å². The van der Waals surface area contributed by atoms with E-state index < -0.39 is 0 Å². The standard InChI is InChI=1S/C18H40N2O3/c1-14(10-19)11-23-17(4,5)8-9-22-18(6,7)15(2)12-21-13-16(3)20/h14-16H,8-13,19-20H2,1-7H3. The zero-order valence-corrected chi connectivity index (χ0v) is 16.4. The molecule has 0 aliphatic rings. The van der Waals surface area contributed by atoms with Crippen LogP contribution >= 0.6 is 0 Å². The van der Waals surface area contributed by atoms with Crippen molar-refractivity contribution in [2.75, 3.05) is 33.0 Å². The Bertz CT molecular complexity index is 307. The molecule has 23 heavy (non-hydrogen) atoms. The molecule has 3 atom stereocenters. The molecule has 0 aromatic carbocycles. The van der Waals surface area contributed by atoms with E-state index in [1.165, 1.54) is 0 Å². The second kappa shape index (κ2) is 10.6. The molecule has 0 radical (unpaired) electrons. The highest BCUT2D eigenvalue weighted by Crippen LogP contribution is 2.24. The van der Waals surface area contributed by atoms with Gasteiger partial charge in [0.1, 0.15) is 0 Å². The predicted octanol–water partition coefficient (Wildman–Crippen LogP) is 2.56. The highest BCUT2D eigenvalue weighted by atomic mass is 16.5. The molecule has 0 rings (SSSR count). The Morgan fingerprint density at radius 1 is 0.913 bits per heavy atom. The second-order valence-corrected chi connectivity index (χ2v) is 8.03. The van der Waals surface area contributed by atoms with E-state index in [0.29, 0.717) is 44.8 Å². The maximum Gasteiger partial charge on any atom is 0.0673 e. The fourth-order valence-electron chi connectivity index (χ4n) is 1.84. The Balaban J connectivity index is 4.11. The van der Waals surface area contributed by atoms with Crippen LogP contribution in [0.4, 0.5) is 0 Å². The molecule has 140 valence electrons. The first-order chi connectivity index (χ1) is 10.5. The summed E-state index contributed by atoms with van der Waals surface area (Å²) in [7, 11) is 0. The smallest absolute Gasteiger partial charge is 0.0673 e. The average Bonchev–Trinajstić information content (AvgIpc) is 2.43. The molecule has 4 N–H and O–H groups in total. The van der Waals surface area contributed by atoms with Gasteiger partial charge in [-0.2, -0.15) is 0 Å². The molecule has 0 aliphatic heterocycles. The van der Waals surface area contributed by atoms with Crippen molar-refractivity contribution in [1.29, 1.82) is 0 Å². The van der Waals surface area contributed by atoms with Crippen LogP contribution in [0.1, 0.15) is 54.9 Å². The van der Waals surface area contributed by atoms with E-state index in [1.807, 2.05) is 6.92 Å². The topological polar surface area (TPSA) is 79.7 Å². The minimum absolute atomic E-state index is 0.0695. The summed E-state index contributed by atoms with van der Waals surface area (Å²) >= 11 is 0. The molecule has 0 spiro atoms. The normalized spacial score (nSPS) is 17.1. The molecule has 0 saturated carbocycles. The molecule has 0 saturated heterocycles. The number of rotatable bonds is 13. The lowest BCUT2D eigenvalue weighted by Gasteiger charge is -2.34. The van der Waals surface area contributed by atoms with E-state index in [0.717, 1.165) is 6.42 Å². The van der Waals surface area contributed by atoms with Crippen LogP contribution in [0.2, 0.25) is 0 Å². The lowest BCUT2D eigenvalue weighted by Crippen LogP contribution is -2.38. The van der Waals surface area contributed by atoms with Gasteiger partial charge in [-0.1, -0.05) is 13.8 Å². The van der Waals surface area contributed by atoms with E-state index >= 15 is 0 Å². The largest absolute Gasteiger partial charge is 0.379 e. The first-order valence-electron chi connectivity index (χ1n) is 8.81. The molecule has 5 nitrogen and oxygen atoms in total. The van der Waals surface area contributed by atoms with Gasteiger partial charge in [0, 0.05) is 12.0 Å². The summed E-state index contributed by atoms with van der Waals surface area (Å²) in [5.41, 5.74) is 10.9. The van der Waals surface area contributed by atoms with Crippen LogP contribution < -0.4 is 11.5 Å². The summed E-state index contributed by atoms with van der Waals surface area (Å²) in [6.07, 6.45) is 0.848. The van der Waals surface area contributed by atoms with Gasteiger partial charge in [-0.3, -0.25) is 0 Å². The minimum Gasteiger partial charge on any atom is -0.379 e. The molecule has 0 aromatic rings. The van der Waals surface area contributed by atoms with Crippen molar-refractivity contribution in [1.82, 2.24) is 0 Å². The Hall–Kier alpha value is -0.200. The van der Waals surface area contributed by atoms with Crippen molar-refractivity contribution < 1.29 is 14.2 Å². The molecule has 0 aromatic heterocycles. The number of nitrogens with two attached hydrogens (primary N) is 2. The maximum absolute atomic E-state index is 6.10. The lowest BCUT2D eigenvalue weighted by molar-refractivity contribution is -0.105. The van der Waals surface area contributed by atoms with E-state index in [1.54, 1.807) is 0 Å². The van der Waals surface area contributed by atoms with Crippen molar-refractivity contribution in [3.05, 3.63) is 0 Å². The van der Waals surface area contributed by atoms with Crippen LogP contribution in [-0.2, 0) is 14.2 Å². The van der Waals surface area contributed by atoms with Gasteiger partial charge in [-0.05, 0) is 53.5 Å². The third kappa shape index (κ3) is 11.1. The van der Waals surface area contributed by atoms with E-state index in [9.17, 15) is 0 Å². The van der Waals surface area contributed by atoms with E-state index in [2.05, 4.69) is 41.5 Å². The van der Waals surface area contributed by atoms with Crippen molar-refractivity contribution >= 4 is 0 Å². The van der Waals surface area contributed by atoms with Gasteiger partial charge >= 0.3 is 0 Å². The van der Waals surface area contributed by atoms with E-state index in [4.69, 9.17) is 25.7 Å². The zero-order chi connectivity index (χ0) is 18.1. The van der Waals surface area contributed by atoms with Crippen molar-refractivity contribution in [3.8, 4) is 0 Å². The highest BCUT2D eigenvalue weighted by molar-refractivity contribution is 4.77. The number of ether oxygens (including phenoxy) is 3. The average molecular weight is 333 g/mol. The summed E-state index contributed by atoms with van der Waals surface area (Å²) in [6.45, 7) is 17.8. The van der Waals surface area contributed by atoms with E-state index in [-0.39, 0.29) is 17.2 Å². The Morgan fingerprint density at radius 2 is 1.52 bits per heavy atom. The second-order valence-electron chi connectivity index (χ2n) is 8.03. The van der Waals surface area contributed by atoms with Crippen LogP contribution in [0.15, 0.2) is 0 Å². The first kappa shape index (κ1) is 22.8. The fraction of sp³-hybridized carbons (Fsp3) is 1.00. The first-order valence-corrected chi connectivity index (χ1v) is 8.81. The van der Waals surface area contributed by atoms with Crippen LogP contribution in [0.25, 0.3) is 0 Å². The lowest BCUT2D eigenvalue weighted by atomic mass is 9.93. The number of hydrogen-bond donors (Lipinski definition) is 2. The number of hydrogen-bond acceptors (Lipinski definition) is 5. The summed E-state index contributed by atoms with van der Waals surface area (Å²) < 4.78 is 17.7. The van der Waals surface area contributed by atoms with Crippen molar-refractivity contribution in [2.24, 2.45) is 23.3 Å². The molecule has 3 unspecified atom stereocenters. The minimum atomic E-state index is -0.238. The zero-order valence-electron chi connectivity index (χ0n) is 16.4. The molecule has 0 heterocycles. The van der Waals surface area contributed by atoms with Gasteiger partial charge in [-0.25, -0.2) is 0 Å². The van der Waals surface area contributed by atoms with Crippen molar-refractivity contribution in [3.63, 3.8) is 0 Å². The third-order valence-corrected chi connectivity index (χ3v) is 4.27.